The molecule has 0 amide bonds. The number of pyridine rings is 1. The molecule has 0 aliphatic heterocycles. The molecule has 0 aliphatic rings. The highest BCUT2D eigenvalue weighted by Gasteiger charge is 2.12. The maximum Gasteiger partial charge on any atom is 0.133 e. The van der Waals surface area contributed by atoms with E-state index in [1.807, 2.05) is 57.3 Å². The van der Waals surface area contributed by atoms with Crippen LogP contribution in [0.15, 0.2) is 42.7 Å². The van der Waals surface area contributed by atoms with E-state index in [1.165, 1.54) is 6.42 Å². The minimum atomic E-state index is 0. The van der Waals surface area contributed by atoms with E-state index in [-0.39, 0.29) is 1.43 Å². The van der Waals surface area contributed by atoms with Gasteiger partial charge in [0.2, 0.25) is 0 Å². The van der Waals surface area contributed by atoms with Crippen LogP contribution < -0.4 is 9.47 Å². The molecule has 2 heterocycles. The van der Waals surface area contributed by atoms with Gasteiger partial charge < -0.3 is 9.47 Å². The molecule has 5 nitrogen and oxygen atoms in total. The van der Waals surface area contributed by atoms with Crippen LogP contribution in [0, 0.1) is 6.92 Å². The molecule has 2 aromatic heterocycles. The van der Waals surface area contributed by atoms with Crippen LogP contribution in [0.1, 0.15) is 65.1 Å². The lowest BCUT2D eigenvalue weighted by molar-refractivity contribution is 0.385. The Morgan fingerprint density at radius 1 is 0.903 bits per heavy atom. The number of hydrogen-bond acceptors (Lipinski definition) is 5. The van der Waals surface area contributed by atoms with Crippen LogP contribution in [0.3, 0.4) is 0 Å². The Labute approximate surface area is 189 Å². The predicted octanol–water partition coefficient (Wildman–Crippen LogP) is 6.71. The molecule has 0 bridgehead atoms. The number of ether oxygens (including phenoxy) is 2. The van der Waals surface area contributed by atoms with E-state index < -0.39 is 0 Å². The van der Waals surface area contributed by atoms with E-state index in [0.717, 1.165) is 51.8 Å². The average molecular weight is 426 g/mol. The standard InChI is InChI=1S/C21H23N3O2.C3H8.C2H6.H2/c1-5-17-19(25-3)10-15(11-20(17)26-4)12-21-22-9-8-18(24-21)16-7-6-14(2)23-13-16;1-3-2;1-2;/h6-11,13H,5,12H2,1-4H3;3H2,1-2H3;1-2H3;1H. The van der Waals surface area contributed by atoms with Gasteiger partial charge in [-0.1, -0.05) is 41.0 Å². The van der Waals surface area contributed by atoms with Crippen LogP contribution in [0.25, 0.3) is 11.3 Å². The molecule has 3 rings (SSSR count). The number of methoxy groups -OCH3 is 2. The summed E-state index contributed by atoms with van der Waals surface area (Å²) in [6.07, 6.45) is 6.32. The van der Waals surface area contributed by atoms with Crippen molar-refractivity contribution in [3.8, 4) is 22.8 Å². The van der Waals surface area contributed by atoms with E-state index in [2.05, 4.69) is 35.7 Å². The summed E-state index contributed by atoms with van der Waals surface area (Å²) >= 11 is 0. The minimum absolute atomic E-state index is 0. The molecule has 31 heavy (non-hydrogen) atoms. The molecule has 0 saturated heterocycles. The van der Waals surface area contributed by atoms with Gasteiger partial charge in [0, 0.05) is 37.1 Å². The van der Waals surface area contributed by atoms with Gasteiger partial charge in [-0.15, -0.1) is 0 Å². The Hall–Kier alpha value is -2.95. The van der Waals surface area contributed by atoms with Gasteiger partial charge in [-0.3, -0.25) is 4.98 Å². The minimum Gasteiger partial charge on any atom is -0.496 e. The summed E-state index contributed by atoms with van der Waals surface area (Å²) in [6, 6.07) is 9.97. The van der Waals surface area contributed by atoms with Gasteiger partial charge in [0.1, 0.15) is 17.3 Å². The van der Waals surface area contributed by atoms with Crippen molar-refractivity contribution in [1.29, 1.82) is 0 Å². The van der Waals surface area contributed by atoms with Crippen molar-refractivity contribution in [1.82, 2.24) is 15.0 Å². The summed E-state index contributed by atoms with van der Waals surface area (Å²) < 4.78 is 11.1. The summed E-state index contributed by atoms with van der Waals surface area (Å²) in [7, 11) is 3.36. The fraction of sp³-hybridized carbons (Fsp3) is 0.423. The summed E-state index contributed by atoms with van der Waals surface area (Å²) in [5, 5.41) is 0. The molecule has 0 aliphatic carbocycles. The van der Waals surface area contributed by atoms with Gasteiger partial charge in [0.15, 0.2) is 0 Å². The molecular formula is C26H39N3O2. The van der Waals surface area contributed by atoms with Crippen molar-refractivity contribution in [2.45, 2.75) is 60.8 Å². The first-order valence-electron chi connectivity index (χ1n) is 11.0. The van der Waals surface area contributed by atoms with Crippen molar-refractivity contribution >= 4 is 0 Å². The van der Waals surface area contributed by atoms with Crippen LogP contribution in [0.2, 0.25) is 0 Å². The Bertz CT molecular complexity index is 890. The molecule has 0 N–H and O–H groups in total. The van der Waals surface area contributed by atoms with Gasteiger partial charge in [-0.25, -0.2) is 9.97 Å². The third-order valence-electron chi connectivity index (χ3n) is 4.30. The Balaban J connectivity index is 0.00000148. The van der Waals surface area contributed by atoms with E-state index in [9.17, 15) is 0 Å². The zero-order valence-corrected chi connectivity index (χ0v) is 20.3. The molecule has 170 valence electrons. The topological polar surface area (TPSA) is 57.1 Å². The largest absolute Gasteiger partial charge is 0.496 e. The number of aromatic nitrogens is 3. The Kier molecular flexibility index (Phi) is 11.9. The predicted molar refractivity (Wildman–Crippen MR) is 131 cm³/mol. The van der Waals surface area contributed by atoms with Crippen molar-refractivity contribution in [3.05, 3.63) is 65.4 Å². The maximum absolute atomic E-state index is 5.53. The summed E-state index contributed by atoms with van der Waals surface area (Å²) in [4.78, 5) is 13.4. The first kappa shape index (κ1) is 26.1. The van der Waals surface area contributed by atoms with Gasteiger partial charge in [0.25, 0.3) is 0 Å². The summed E-state index contributed by atoms with van der Waals surface area (Å²) in [5.74, 6) is 2.41. The second-order valence-electron chi connectivity index (χ2n) is 6.76. The number of nitrogens with zero attached hydrogens (tertiary/aromatic N) is 3. The molecule has 5 heteroatoms. The molecule has 0 atom stereocenters. The SMILES string of the molecule is CC.CCC.CCc1c(OC)cc(Cc2nccc(-c3ccc(C)nc3)n2)cc1OC.[HH]. The highest BCUT2D eigenvalue weighted by atomic mass is 16.5. The lowest BCUT2D eigenvalue weighted by Gasteiger charge is -2.14. The van der Waals surface area contributed by atoms with Gasteiger partial charge >= 0.3 is 0 Å². The maximum atomic E-state index is 5.53. The van der Waals surface area contributed by atoms with Crippen LogP contribution in [0.4, 0.5) is 0 Å². The smallest absolute Gasteiger partial charge is 0.133 e. The van der Waals surface area contributed by atoms with Crippen LogP contribution in [-0.4, -0.2) is 29.2 Å². The van der Waals surface area contributed by atoms with Crippen molar-refractivity contribution in [2.75, 3.05) is 14.2 Å². The zero-order valence-electron chi connectivity index (χ0n) is 20.3. The quantitative estimate of drug-likeness (QED) is 0.439. The molecule has 1 aromatic carbocycles. The molecular weight excluding hydrogens is 386 g/mol. The fourth-order valence-corrected chi connectivity index (χ4v) is 2.94. The lowest BCUT2D eigenvalue weighted by atomic mass is 10.0. The fourth-order valence-electron chi connectivity index (χ4n) is 2.94. The van der Waals surface area contributed by atoms with Crippen molar-refractivity contribution in [3.63, 3.8) is 0 Å². The van der Waals surface area contributed by atoms with E-state index in [0.29, 0.717) is 6.42 Å². The number of hydrogen-bond donors (Lipinski definition) is 0. The van der Waals surface area contributed by atoms with Gasteiger partial charge in [-0.2, -0.15) is 0 Å². The van der Waals surface area contributed by atoms with Crippen LogP contribution in [-0.2, 0) is 12.8 Å². The molecule has 0 fully saturated rings. The highest BCUT2D eigenvalue weighted by molar-refractivity contribution is 5.57. The van der Waals surface area contributed by atoms with E-state index >= 15 is 0 Å². The van der Waals surface area contributed by atoms with E-state index in [1.54, 1.807) is 20.4 Å². The van der Waals surface area contributed by atoms with E-state index in [4.69, 9.17) is 9.47 Å². The molecule has 0 spiro atoms. The number of rotatable bonds is 6. The monoisotopic (exact) mass is 425 g/mol. The average Bonchev–Trinajstić information content (AvgIpc) is 2.81. The second-order valence-corrected chi connectivity index (χ2v) is 6.76. The van der Waals surface area contributed by atoms with Crippen molar-refractivity contribution in [2.24, 2.45) is 0 Å². The van der Waals surface area contributed by atoms with Crippen LogP contribution >= 0.6 is 0 Å². The van der Waals surface area contributed by atoms with Crippen LogP contribution in [0.5, 0.6) is 11.5 Å². The Morgan fingerprint density at radius 3 is 2.00 bits per heavy atom. The molecule has 3 aromatic rings. The number of benzene rings is 1. The zero-order chi connectivity index (χ0) is 23.2. The first-order chi connectivity index (χ1) is 15.1. The highest BCUT2D eigenvalue weighted by Crippen LogP contribution is 2.31. The summed E-state index contributed by atoms with van der Waals surface area (Å²) in [6.45, 7) is 12.3. The summed E-state index contributed by atoms with van der Waals surface area (Å²) in [5.41, 5.74) is 4.95. The normalized spacial score (nSPS) is 9.68. The third kappa shape index (κ3) is 7.67. The Morgan fingerprint density at radius 2 is 1.52 bits per heavy atom. The second kappa shape index (κ2) is 14.1. The number of aryl methyl sites for hydroxylation is 1. The first-order valence-corrected chi connectivity index (χ1v) is 11.0. The van der Waals surface area contributed by atoms with Gasteiger partial charge in [-0.05, 0) is 49.2 Å². The molecule has 0 saturated carbocycles. The third-order valence-corrected chi connectivity index (χ3v) is 4.30. The van der Waals surface area contributed by atoms with Crippen molar-refractivity contribution < 1.29 is 10.9 Å². The molecule has 0 unspecified atom stereocenters. The lowest BCUT2D eigenvalue weighted by Crippen LogP contribution is -2.01. The molecule has 0 radical (unpaired) electrons. The van der Waals surface area contributed by atoms with Gasteiger partial charge in [0.05, 0.1) is 19.9 Å².